The van der Waals surface area contributed by atoms with Crippen molar-refractivity contribution in [3.63, 3.8) is 0 Å². The molecule has 0 spiro atoms. The van der Waals surface area contributed by atoms with Crippen LogP contribution in [0.2, 0.25) is 0 Å². The molecule has 0 aliphatic heterocycles. The maximum atomic E-state index is 11.0. The minimum atomic E-state index is -0.758. The lowest BCUT2D eigenvalue weighted by molar-refractivity contribution is -0.138. The van der Waals surface area contributed by atoms with Crippen molar-refractivity contribution in [2.24, 2.45) is 0 Å². The maximum absolute atomic E-state index is 11.0. The van der Waals surface area contributed by atoms with Crippen LogP contribution in [0.1, 0.15) is 38.3 Å². The van der Waals surface area contributed by atoms with Crippen molar-refractivity contribution in [2.75, 3.05) is 19.0 Å². The highest BCUT2D eigenvalue weighted by Crippen LogP contribution is 2.35. The Kier molecular flexibility index (Phi) is 4.38. The number of carboxylic acid groups (broad SMARTS) is 1. The number of benzene rings is 1. The lowest BCUT2D eigenvalue weighted by Crippen LogP contribution is -2.25. The first kappa shape index (κ1) is 14.6. The fourth-order valence-electron chi connectivity index (χ4n) is 2.21. The van der Waals surface area contributed by atoms with E-state index in [4.69, 9.17) is 5.11 Å². The van der Waals surface area contributed by atoms with Gasteiger partial charge in [0.25, 0.3) is 0 Å². The van der Waals surface area contributed by atoms with Crippen molar-refractivity contribution in [1.29, 1.82) is 0 Å². The third kappa shape index (κ3) is 3.25. The summed E-state index contributed by atoms with van der Waals surface area (Å²) in [6, 6.07) is 6.33. The molecule has 3 nitrogen and oxygen atoms in total. The normalized spacial score (nSPS) is 11.4. The van der Waals surface area contributed by atoms with Gasteiger partial charge in [-0.3, -0.25) is 4.79 Å². The Hall–Kier alpha value is -1.51. The molecule has 1 aromatic carbocycles. The van der Waals surface area contributed by atoms with E-state index in [0.717, 1.165) is 17.7 Å². The molecule has 1 N–H and O–H groups in total. The molecular formula is C15H23NO2. The molecule has 0 unspecified atom stereocenters. The van der Waals surface area contributed by atoms with E-state index in [9.17, 15) is 4.79 Å². The van der Waals surface area contributed by atoms with Crippen LogP contribution >= 0.6 is 0 Å². The summed E-state index contributed by atoms with van der Waals surface area (Å²) in [4.78, 5) is 13.1. The van der Waals surface area contributed by atoms with E-state index >= 15 is 0 Å². The fraction of sp³-hybridized carbons (Fsp3) is 0.533. The molecule has 0 saturated carbocycles. The molecule has 0 aromatic heterocycles. The van der Waals surface area contributed by atoms with Gasteiger partial charge in [-0.25, -0.2) is 0 Å². The highest BCUT2D eigenvalue weighted by Gasteiger charge is 2.27. The van der Waals surface area contributed by atoms with E-state index in [1.54, 1.807) is 0 Å². The molecule has 0 aliphatic rings. The molecule has 0 fully saturated rings. The maximum Gasteiger partial charge on any atom is 0.304 e. The number of nitrogens with zero attached hydrogens (tertiary/aromatic N) is 1. The second-order valence-corrected chi connectivity index (χ2v) is 5.55. The van der Waals surface area contributed by atoms with Gasteiger partial charge >= 0.3 is 5.97 Å². The van der Waals surface area contributed by atoms with Crippen molar-refractivity contribution in [3.05, 3.63) is 29.3 Å². The van der Waals surface area contributed by atoms with E-state index in [2.05, 4.69) is 25.1 Å². The van der Waals surface area contributed by atoms with Crippen LogP contribution < -0.4 is 4.90 Å². The average molecular weight is 249 g/mol. The summed E-state index contributed by atoms with van der Waals surface area (Å²) in [5.74, 6) is -0.758. The summed E-state index contributed by atoms with van der Waals surface area (Å²) in [7, 11) is 3.97. The van der Waals surface area contributed by atoms with Gasteiger partial charge in [-0.15, -0.1) is 0 Å². The lowest BCUT2D eigenvalue weighted by Gasteiger charge is -2.29. The summed E-state index contributed by atoms with van der Waals surface area (Å²) in [5.41, 5.74) is 3.08. The Morgan fingerprint density at radius 1 is 1.33 bits per heavy atom. The van der Waals surface area contributed by atoms with Crippen LogP contribution in [0, 0.1) is 0 Å². The molecule has 3 heteroatoms. The third-order valence-corrected chi connectivity index (χ3v) is 3.27. The van der Waals surface area contributed by atoms with Crippen LogP contribution in [0.5, 0.6) is 0 Å². The molecular weight excluding hydrogens is 226 g/mol. The Morgan fingerprint density at radius 2 is 1.94 bits per heavy atom. The van der Waals surface area contributed by atoms with Gasteiger partial charge in [0.1, 0.15) is 0 Å². The molecule has 0 aliphatic carbocycles. The summed E-state index contributed by atoms with van der Waals surface area (Å²) >= 11 is 0. The van der Waals surface area contributed by atoms with Crippen molar-refractivity contribution >= 4 is 11.7 Å². The molecule has 1 aromatic rings. The molecule has 1 rings (SSSR count). The average Bonchev–Trinajstić information content (AvgIpc) is 2.26. The summed E-state index contributed by atoms with van der Waals surface area (Å²) < 4.78 is 0. The van der Waals surface area contributed by atoms with Crippen LogP contribution in [-0.2, 0) is 16.6 Å². The fourth-order valence-corrected chi connectivity index (χ4v) is 2.21. The van der Waals surface area contributed by atoms with E-state index in [-0.39, 0.29) is 11.8 Å². The van der Waals surface area contributed by atoms with Crippen molar-refractivity contribution < 1.29 is 9.90 Å². The molecule has 0 atom stereocenters. The van der Waals surface area contributed by atoms with Gasteiger partial charge in [-0.2, -0.15) is 0 Å². The van der Waals surface area contributed by atoms with Crippen LogP contribution in [-0.4, -0.2) is 25.2 Å². The van der Waals surface area contributed by atoms with Crippen LogP contribution in [0.15, 0.2) is 18.2 Å². The van der Waals surface area contributed by atoms with E-state index in [1.165, 1.54) is 5.56 Å². The lowest BCUT2D eigenvalue weighted by atomic mass is 9.79. The van der Waals surface area contributed by atoms with Crippen molar-refractivity contribution in [3.8, 4) is 0 Å². The molecule has 0 amide bonds. The largest absolute Gasteiger partial charge is 0.481 e. The number of rotatable bonds is 5. The number of hydrogen-bond donors (Lipinski definition) is 1. The van der Waals surface area contributed by atoms with Crippen LogP contribution in [0.25, 0.3) is 0 Å². The smallest absolute Gasteiger partial charge is 0.304 e. The van der Waals surface area contributed by atoms with Crippen LogP contribution in [0.4, 0.5) is 5.69 Å². The Bertz CT molecular complexity index is 436. The van der Waals surface area contributed by atoms with Gasteiger partial charge in [-0.1, -0.05) is 32.9 Å². The SMILES string of the molecule is CCc1ccc(N(C)C)c(C(C)(C)CC(=O)O)c1. The molecule has 0 saturated heterocycles. The van der Waals surface area contributed by atoms with Gasteiger partial charge in [0.2, 0.25) is 0 Å². The highest BCUT2D eigenvalue weighted by atomic mass is 16.4. The van der Waals surface area contributed by atoms with E-state index in [0.29, 0.717) is 0 Å². The topological polar surface area (TPSA) is 40.5 Å². The predicted molar refractivity (Wildman–Crippen MR) is 75.4 cm³/mol. The minimum Gasteiger partial charge on any atom is -0.481 e. The number of carboxylic acids is 1. The van der Waals surface area contributed by atoms with Gasteiger partial charge in [0.05, 0.1) is 6.42 Å². The minimum absolute atomic E-state index is 0.140. The summed E-state index contributed by atoms with van der Waals surface area (Å²) in [6.45, 7) is 6.09. The molecule has 0 radical (unpaired) electrons. The molecule has 100 valence electrons. The van der Waals surface area contributed by atoms with E-state index < -0.39 is 5.97 Å². The van der Waals surface area contributed by atoms with Gasteiger partial charge in [0.15, 0.2) is 0 Å². The third-order valence-electron chi connectivity index (χ3n) is 3.27. The molecule has 0 bridgehead atoms. The molecule has 18 heavy (non-hydrogen) atoms. The van der Waals surface area contributed by atoms with Crippen molar-refractivity contribution in [2.45, 2.75) is 39.0 Å². The predicted octanol–water partition coefficient (Wildman–Crippen LogP) is 3.07. The quantitative estimate of drug-likeness (QED) is 0.872. The van der Waals surface area contributed by atoms with Crippen LogP contribution in [0.3, 0.4) is 0 Å². The summed E-state index contributed by atoms with van der Waals surface area (Å²) in [6.07, 6.45) is 1.10. The first-order valence-electron chi connectivity index (χ1n) is 6.30. The van der Waals surface area contributed by atoms with Gasteiger partial charge in [0, 0.05) is 25.2 Å². The first-order chi connectivity index (χ1) is 8.27. The zero-order valence-electron chi connectivity index (χ0n) is 11.9. The Morgan fingerprint density at radius 3 is 2.39 bits per heavy atom. The second-order valence-electron chi connectivity index (χ2n) is 5.55. The molecule has 0 heterocycles. The zero-order chi connectivity index (χ0) is 13.9. The first-order valence-corrected chi connectivity index (χ1v) is 6.30. The second kappa shape index (κ2) is 5.42. The van der Waals surface area contributed by atoms with Gasteiger partial charge < -0.3 is 10.0 Å². The standard InChI is InChI=1S/C15H23NO2/c1-6-11-7-8-13(16(4)5)12(9-11)15(2,3)10-14(17)18/h7-9H,6,10H2,1-5H3,(H,17,18). The number of carbonyl (C=O) groups is 1. The summed E-state index contributed by atoms with van der Waals surface area (Å²) in [5, 5.41) is 9.05. The Balaban J connectivity index is 3.30. The monoisotopic (exact) mass is 249 g/mol. The number of aliphatic carboxylic acids is 1. The van der Waals surface area contributed by atoms with Gasteiger partial charge in [-0.05, 0) is 23.6 Å². The Labute approximate surface area is 109 Å². The van der Waals surface area contributed by atoms with E-state index in [1.807, 2.05) is 32.8 Å². The number of hydrogen-bond acceptors (Lipinski definition) is 2. The van der Waals surface area contributed by atoms with Crippen molar-refractivity contribution in [1.82, 2.24) is 0 Å². The highest BCUT2D eigenvalue weighted by molar-refractivity contribution is 5.70. The zero-order valence-corrected chi connectivity index (χ0v) is 11.9. The number of anilines is 1. The number of aryl methyl sites for hydroxylation is 1.